The highest BCUT2D eigenvalue weighted by Gasteiger charge is 2.21. The molecule has 3 rings (SSSR count). The molecule has 2 aromatic rings. The Hall–Kier alpha value is -2.44. The number of carbonyl (C=O) groups is 2. The lowest BCUT2D eigenvalue weighted by atomic mass is 10.2. The fourth-order valence-electron chi connectivity index (χ4n) is 3.01. The van der Waals surface area contributed by atoms with Crippen LogP contribution in [-0.2, 0) is 20.9 Å². The molecule has 142 valence electrons. The van der Waals surface area contributed by atoms with Gasteiger partial charge in [-0.1, -0.05) is 18.2 Å². The Kier molecular flexibility index (Phi) is 6.79. The molecule has 1 unspecified atom stereocenters. The Morgan fingerprint density at radius 1 is 1.30 bits per heavy atom. The molecule has 1 atom stereocenters. The van der Waals surface area contributed by atoms with Crippen LogP contribution in [0.1, 0.15) is 30.2 Å². The van der Waals surface area contributed by atoms with Gasteiger partial charge in [0.1, 0.15) is 0 Å². The van der Waals surface area contributed by atoms with Crippen LogP contribution in [0.25, 0.3) is 6.08 Å². The molecule has 0 saturated carbocycles. The van der Waals surface area contributed by atoms with E-state index in [1.54, 1.807) is 23.5 Å². The van der Waals surface area contributed by atoms with Crippen molar-refractivity contribution in [2.24, 2.45) is 0 Å². The molecule has 2 amide bonds. The van der Waals surface area contributed by atoms with Crippen LogP contribution in [0, 0.1) is 0 Å². The molecular weight excluding hydrogens is 360 g/mol. The van der Waals surface area contributed by atoms with Gasteiger partial charge in [-0.3, -0.25) is 9.59 Å². The van der Waals surface area contributed by atoms with Crippen molar-refractivity contribution in [1.29, 1.82) is 0 Å². The zero-order chi connectivity index (χ0) is 19.1. The van der Waals surface area contributed by atoms with Gasteiger partial charge >= 0.3 is 0 Å². The number of nitrogens with one attached hydrogen (secondary N) is 1. The molecule has 1 saturated heterocycles. The molecule has 1 aliphatic rings. The van der Waals surface area contributed by atoms with Gasteiger partial charge in [-0.05, 0) is 48.1 Å². The number of rotatable bonds is 7. The standard InChI is InChI=1S/C21H24N2O3S/c1-16(24)22-18-9-6-17(7-10-18)8-11-21(25)23(14-19-4-2-12-26-19)15-20-5-3-13-27-20/h3,5-11,13,19H,2,4,12,14-15H2,1H3,(H,22,24)/b11-8+. The highest BCUT2D eigenvalue weighted by molar-refractivity contribution is 7.09. The summed E-state index contributed by atoms with van der Waals surface area (Å²) in [6, 6.07) is 11.4. The second-order valence-electron chi connectivity index (χ2n) is 6.57. The molecule has 27 heavy (non-hydrogen) atoms. The summed E-state index contributed by atoms with van der Waals surface area (Å²) in [6.07, 6.45) is 5.59. The lowest BCUT2D eigenvalue weighted by Crippen LogP contribution is -2.35. The summed E-state index contributed by atoms with van der Waals surface area (Å²) in [4.78, 5) is 26.9. The summed E-state index contributed by atoms with van der Waals surface area (Å²) < 4.78 is 5.71. The zero-order valence-corrected chi connectivity index (χ0v) is 16.2. The van der Waals surface area contributed by atoms with Crippen molar-refractivity contribution in [1.82, 2.24) is 4.90 Å². The van der Waals surface area contributed by atoms with Crippen molar-refractivity contribution in [2.75, 3.05) is 18.5 Å². The molecule has 0 spiro atoms. The van der Waals surface area contributed by atoms with Gasteiger partial charge in [-0.15, -0.1) is 11.3 Å². The van der Waals surface area contributed by atoms with E-state index in [9.17, 15) is 9.59 Å². The normalized spacial score (nSPS) is 16.6. The fourth-order valence-corrected chi connectivity index (χ4v) is 3.73. The molecular formula is C21H24N2O3S. The molecule has 1 aliphatic heterocycles. The van der Waals surface area contributed by atoms with Crippen LogP contribution >= 0.6 is 11.3 Å². The summed E-state index contributed by atoms with van der Waals surface area (Å²) in [6.45, 7) is 3.47. The second-order valence-corrected chi connectivity index (χ2v) is 7.60. The average Bonchev–Trinajstić information content (AvgIpc) is 3.34. The van der Waals surface area contributed by atoms with Crippen molar-refractivity contribution in [3.05, 3.63) is 58.3 Å². The number of amides is 2. The molecule has 2 heterocycles. The maximum absolute atomic E-state index is 12.8. The van der Waals surface area contributed by atoms with E-state index in [0.717, 1.165) is 35.6 Å². The summed E-state index contributed by atoms with van der Waals surface area (Å²) in [7, 11) is 0. The third-order valence-corrected chi connectivity index (χ3v) is 5.20. The Morgan fingerprint density at radius 3 is 2.74 bits per heavy atom. The van der Waals surface area contributed by atoms with Crippen LogP contribution < -0.4 is 5.32 Å². The van der Waals surface area contributed by atoms with E-state index < -0.39 is 0 Å². The number of benzene rings is 1. The summed E-state index contributed by atoms with van der Waals surface area (Å²) in [5.41, 5.74) is 1.65. The molecule has 1 aromatic carbocycles. The van der Waals surface area contributed by atoms with E-state index >= 15 is 0 Å². The summed E-state index contributed by atoms with van der Waals surface area (Å²) >= 11 is 1.65. The smallest absolute Gasteiger partial charge is 0.246 e. The maximum atomic E-state index is 12.8. The third-order valence-electron chi connectivity index (χ3n) is 4.34. The first-order valence-corrected chi connectivity index (χ1v) is 9.97. The minimum Gasteiger partial charge on any atom is -0.376 e. The molecule has 1 fully saturated rings. The lowest BCUT2D eigenvalue weighted by molar-refractivity contribution is -0.128. The number of anilines is 1. The summed E-state index contributed by atoms with van der Waals surface area (Å²) in [5, 5.41) is 4.75. The monoisotopic (exact) mass is 384 g/mol. The Morgan fingerprint density at radius 2 is 2.11 bits per heavy atom. The van der Waals surface area contributed by atoms with Gasteiger partial charge in [0.05, 0.1) is 12.6 Å². The minimum atomic E-state index is -0.105. The number of ether oxygens (including phenoxy) is 1. The minimum absolute atomic E-state index is 0.0233. The zero-order valence-electron chi connectivity index (χ0n) is 15.4. The maximum Gasteiger partial charge on any atom is 0.246 e. The van der Waals surface area contributed by atoms with Gasteiger partial charge in [0.2, 0.25) is 11.8 Å². The van der Waals surface area contributed by atoms with Crippen LogP contribution in [0.2, 0.25) is 0 Å². The largest absolute Gasteiger partial charge is 0.376 e. The SMILES string of the molecule is CC(=O)Nc1ccc(/C=C/C(=O)N(Cc2cccs2)CC2CCCO2)cc1. The van der Waals surface area contributed by atoms with E-state index in [2.05, 4.69) is 5.32 Å². The van der Waals surface area contributed by atoms with Gasteiger partial charge in [0.25, 0.3) is 0 Å². The number of carbonyl (C=O) groups excluding carboxylic acids is 2. The van der Waals surface area contributed by atoms with Crippen molar-refractivity contribution in [2.45, 2.75) is 32.4 Å². The molecule has 1 N–H and O–H groups in total. The average molecular weight is 385 g/mol. The number of hydrogen-bond donors (Lipinski definition) is 1. The van der Waals surface area contributed by atoms with Gasteiger partial charge in [0.15, 0.2) is 0 Å². The topological polar surface area (TPSA) is 58.6 Å². The Balaban J connectivity index is 1.65. The Bertz CT molecular complexity index is 778. The van der Waals surface area contributed by atoms with Crippen molar-refractivity contribution < 1.29 is 14.3 Å². The van der Waals surface area contributed by atoms with Crippen LogP contribution in [0.4, 0.5) is 5.69 Å². The molecule has 5 nitrogen and oxygen atoms in total. The van der Waals surface area contributed by atoms with Gasteiger partial charge in [-0.25, -0.2) is 0 Å². The van der Waals surface area contributed by atoms with Gasteiger partial charge < -0.3 is 15.0 Å². The van der Waals surface area contributed by atoms with E-state index in [1.807, 2.05) is 46.7 Å². The van der Waals surface area contributed by atoms with E-state index in [0.29, 0.717) is 13.1 Å². The number of thiophene rings is 1. The Labute approximate surface area is 163 Å². The van der Waals surface area contributed by atoms with Crippen LogP contribution in [0.5, 0.6) is 0 Å². The molecule has 6 heteroatoms. The van der Waals surface area contributed by atoms with Gasteiger partial charge in [0, 0.05) is 36.7 Å². The molecule has 0 radical (unpaired) electrons. The first-order chi connectivity index (χ1) is 13.1. The van der Waals surface area contributed by atoms with Crippen molar-refractivity contribution in [3.8, 4) is 0 Å². The molecule has 0 bridgehead atoms. The van der Waals surface area contributed by atoms with Crippen molar-refractivity contribution in [3.63, 3.8) is 0 Å². The van der Waals surface area contributed by atoms with Crippen LogP contribution in [0.15, 0.2) is 47.9 Å². The predicted octanol–water partition coefficient (Wildman–Crippen LogP) is 3.93. The quantitative estimate of drug-likeness (QED) is 0.736. The summed E-state index contributed by atoms with van der Waals surface area (Å²) in [5.74, 6) is -0.128. The first-order valence-electron chi connectivity index (χ1n) is 9.09. The predicted molar refractivity (Wildman–Crippen MR) is 108 cm³/mol. The number of hydrogen-bond acceptors (Lipinski definition) is 4. The van der Waals surface area contributed by atoms with E-state index in [-0.39, 0.29) is 17.9 Å². The third kappa shape index (κ3) is 6.05. The lowest BCUT2D eigenvalue weighted by Gasteiger charge is -2.23. The van der Waals surface area contributed by atoms with Gasteiger partial charge in [-0.2, -0.15) is 0 Å². The second kappa shape index (κ2) is 9.48. The van der Waals surface area contributed by atoms with Crippen LogP contribution in [-0.4, -0.2) is 36.0 Å². The fraction of sp³-hybridized carbons (Fsp3) is 0.333. The van der Waals surface area contributed by atoms with Crippen LogP contribution in [0.3, 0.4) is 0 Å². The highest BCUT2D eigenvalue weighted by atomic mass is 32.1. The molecule has 1 aromatic heterocycles. The first kappa shape index (κ1) is 19.3. The van der Waals surface area contributed by atoms with Crippen molar-refractivity contribution >= 4 is 34.9 Å². The highest BCUT2D eigenvalue weighted by Crippen LogP contribution is 2.18. The van der Waals surface area contributed by atoms with E-state index in [1.165, 1.54) is 6.92 Å². The number of nitrogens with zero attached hydrogens (tertiary/aromatic N) is 1. The molecule has 0 aliphatic carbocycles. The van der Waals surface area contributed by atoms with E-state index in [4.69, 9.17) is 4.74 Å².